The van der Waals surface area contributed by atoms with Crippen molar-refractivity contribution >= 4 is 0 Å². The van der Waals surface area contributed by atoms with Gasteiger partial charge in [0.25, 0.3) is 0 Å². The third-order valence-corrected chi connectivity index (χ3v) is 2.93. The van der Waals surface area contributed by atoms with Crippen LogP contribution in [0.1, 0.15) is 32.2 Å². The Morgan fingerprint density at radius 1 is 1.21 bits per heavy atom. The zero-order chi connectivity index (χ0) is 13.7. The molecule has 0 aliphatic carbocycles. The van der Waals surface area contributed by atoms with Crippen LogP contribution in [0.2, 0.25) is 0 Å². The molecule has 0 aliphatic rings. The van der Waals surface area contributed by atoms with E-state index in [-0.39, 0.29) is 0 Å². The van der Waals surface area contributed by atoms with Crippen LogP contribution < -0.4 is 4.74 Å². The summed E-state index contributed by atoms with van der Waals surface area (Å²) in [5.74, 6) is 2.29. The first-order valence-corrected chi connectivity index (χ1v) is 6.77. The predicted octanol–water partition coefficient (Wildman–Crippen LogP) is 3.08. The molecule has 0 N–H and O–H groups in total. The van der Waals surface area contributed by atoms with Crippen molar-refractivity contribution in [2.75, 3.05) is 0 Å². The smallest absolute Gasteiger partial charge is 0.164 e. The summed E-state index contributed by atoms with van der Waals surface area (Å²) in [6, 6.07) is 8.19. The Hall–Kier alpha value is -1.84. The Bertz CT molecular complexity index is 502. The molecule has 0 fully saturated rings. The van der Waals surface area contributed by atoms with Crippen LogP contribution in [0.3, 0.4) is 0 Å². The number of nitrogens with zero attached hydrogens (tertiary/aromatic N) is 3. The maximum atomic E-state index is 5.75. The second-order valence-electron chi connectivity index (χ2n) is 5.04. The maximum Gasteiger partial charge on any atom is 0.164 e. The highest BCUT2D eigenvalue weighted by Crippen LogP contribution is 2.14. The summed E-state index contributed by atoms with van der Waals surface area (Å²) in [5, 5.41) is 4.22. The number of aryl methyl sites for hydroxylation is 1. The van der Waals surface area contributed by atoms with E-state index in [9.17, 15) is 0 Å². The molecule has 19 heavy (non-hydrogen) atoms. The molecule has 0 unspecified atom stereocenters. The van der Waals surface area contributed by atoms with Gasteiger partial charge in [0, 0.05) is 6.54 Å². The van der Waals surface area contributed by atoms with Crippen LogP contribution in [0, 0.1) is 5.92 Å². The third-order valence-electron chi connectivity index (χ3n) is 2.93. The van der Waals surface area contributed by atoms with Gasteiger partial charge in [-0.2, -0.15) is 5.10 Å². The monoisotopic (exact) mass is 259 g/mol. The van der Waals surface area contributed by atoms with Crippen LogP contribution in [0.25, 0.3) is 0 Å². The van der Waals surface area contributed by atoms with E-state index in [0.717, 1.165) is 24.5 Å². The fourth-order valence-corrected chi connectivity index (χ4v) is 1.87. The minimum absolute atomic E-state index is 0.457. The van der Waals surface area contributed by atoms with Crippen molar-refractivity contribution in [3.8, 4) is 5.75 Å². The minimum Gasteiger partial charge on any atom is -0.486 e. The Morgan fingerprint density at radius 2 is 1.95 bits per heavy atom. The van der Waals surface area contributed by atoms with Crippen LogP contribution in [0.4, 0.5) is 0 Å². The number of ether oxygens (including phenoxy) is 1. The fraction of sp³-hybridized carbons (Fsp3) is 0.467. The van der Waals surface area contributed by atoms with Crippen LogP contribution in [-0.4, -0.2) is 14.8 Å². The minimum atomic E-state index is 0.457. The van der Waals surface area contributed by atoms with Gasteiger partial charge in [0.05, 0.1) is 0 Å². The van der Waals surface area contributed by atoms with Crippen LogP contribution in [0.5, 0.6) is 5.75 Å². The first-order valence-electron chi connectivity index (χ1n) is 6.77. The van der Waals surface area contributed by atoms with Gasteiger partial charge in [-0.25, -0.2) is 9.67 Å². The van der Waals surface area contributed by atoms with Crippen molar-refractivity contribution in [2.45, 2.75) is 40.3 Å². The molecule has 0 bridgehead atoms. The first-order chi connectivity index (χ1) is 9.19. The summed E-state index contributed by atoms with van der Waals surface area (Å²) in [5.41, 5.74) is 1.32. The van der Waals surface area contributed by atoms with Gasteiger partial charge in [0.2, 0.25) is 0 Å². The quantitative estimate of drug-likeness (QED) is 0.800. The molecule has 0 spiro atoms. The van der Waals surface area contributed by atoms with Gasteiger partial charge in [0.1, 0.15) is 18.7 Å². The molecule has 102 valence electrons. The van der Waals surface area contributed by atoms with Crippen LogP contribution in [0.15, 0.2) is 30.6 Å². The summed E-state index contributed by atoms with van der Waals surface area (Å²) in [7, 11) is 0. The van der Waals surface area contributed by atoms with Crippen molar-refractivity contribution in [3.63, 3.8) is 0 Å². The third kappa shape index (κ3) is 3.81. The average molecular weight is 259 g/mol. The zero-order valence-electron chi connectivity index (χ0n) is 11.8. The van der Waals surface area contributed by atoms with E-state index in [2.05, 4.69) is 43.0 Å². The summed E-state index contributed by atoms with van der Waals surface area (Å²) in [4.78, 5) is 4.24. The summed E-state index contributed by atoms with van der Waals surface area (Å²) in [6.45, 7) is 7.79. The lowest BCUT2D eigenvalue weighted by Gasteiger charge is -2.10. The van der Waals surface area contributed by atoms with Gasteiger partial charge in [-0.15, -0.1) is 0 Å². The molecular formula is C15H21N3O. The van der Waals surface area contributed by atoms with Crippen molar-refractivity contribution in [3.05, 3.63) is 42.0 Å². The largest absolute Gasteiger partial charge is 0.486 e. The molecule has 4 nitrogen and oxygen atoms in total. The molecule has 1 heterocycles. The Morgan fingerprint density at radius 3 is 2.58 bits per heavy atom. The van der Waals surface area contributed by atoms with E-state index in [4.69, 9.17) is 4.74 Å². The molecule has 0 atom stereocenters. The normalized spacial score (nSPS) is 10.9. The molecule has 2 aromatic rings. The second kappa shape index (κ2) is 6.36. The molecule has 2 rings (SSSR count). The van der Waals surface area contributed by atoms with Gasteiger partial charge in [-0.1, -0.05) is 32.9 Å². The van der Waals surface area contributed by atoms with E-state index in [1.807, 2.05) is 16.8 Å². The van der Waals surface area contributed by atoms with E-state index in [0.29, 0.717) is 12.5 Å². The second-order valence-corrected chi connectivity index (χ2v) is 5.04. The first kappa shape index (κ1) is 13.6. The van der Waals surface area contributed by atoms with Gasteiger partial charge >= 0.3 is 0 Å². The SMILES string of the molecule is CCc1ccc(OCc2ncnn2CC(C)C)cc1. The van der Waals surface area contributed by atoms with Crippen molar-refractivity contribution in [1.82, 2.24) is 14.8 Å². The van der Waals surface area contributed by atoms with Crippen molar-refractivity contribution < 1.29 is 4.74 Å². The molecule has 1 aromatic heterocycles. The predicted molar refractivity (Wildman–Crippen MR) is 75.0 cm³/mol. The highest BCUT2D eigenvalue weighted by Gasteiger charge is 2.06. The Labute approximate surface area is 114 Å². The Kier molecular flexibility index (Phi) is 4.55. The lowest BCUT2D eigenvalue weighted by molar-refractivity contribution is 0.282. The zero-order valence-corrected chi connectivity index (χ0v) is 11.8. The highest BCUT2D eigenvalue weighted by atomic mass is 16.5. The highest BCUT2D eigenvalue weighted by molar-refractivity contribution is 5.27. The van der Waals surface area contributed by atoms with Gasteiger partial charge < -0.3 is 4.74 Å². The number of aromatic nitrogens is 3. The van der Waals surface area contributed by atoms with E-state index >= 15 is 0 Å². The number of benzene rings is 1. The van der Waals surface area contributed by atoms with Crippen molar-refractivity contribution in [1.29, 1.82) is 0 Å². The van der Waals surface area contributed by atoms with Crippen LogP contribution in [-0.2, 0) is 19.6 Å². The van der Waals surface area contributed by atoms with Crippen LogP contribution >= 0.6 is 0 Å². The molecule has 0 radical (unpaired) electrons. The number of rotatable bonds is 6. The summed E-state index contributed by atoms with van der Waals surface area (Å²) >= 11 is 0. The lowest BCUT2D eigenvalue weighted by Crippen LogP contribution is -2.12. The van der Waals surface area contributed by atoms with Gasteiger partial charge in [-0.05, 0) is 30.0 Å². The van der Waals surface area contributed by atoms with Crippen molar-refractivity contribution in [2.24, 2.45) is 5.92 Å². The lowest BCUT2D eigenvalue weighted by atomic mass is 10.2. The van der Waals surface area contributed by atoms with E-state index < -0.39 is 0 Å². The molecule has 0 amide bonds. The molecular weight excluding hydrogens is 238 g/mol. The standard InChI is InChI=1S/C15H21N3O/c1-4-13-5-7-14(8-6-13)19-10-15-16-11-17-18(15)9-12(2)3/h5-8,11-12H,4,9-10H2,1-3H3. The number of hydrogen-bond acceptors (Lipinski definition) is 3. The summed E-state index contributed by atoms with van der Waals surface area (Å²) < 4.78 is 7.66. The molecule has 1 aromatic carbocycles. The molecule has 4 heteroatoms. The fourth-order valence-electron chi connectivity index (χ4n) is 1.87. The molecule has 0 aliphatic heterocycles. The number of hydrogen-bond donors (Lipinski definition) is 0. The van der Waals surface area contributed by atoms with E-state index in [1.54, 1.807) is 6.33 Å². The topological polar surface area (TPSA) is 39.9 Å². The average Bonchev–Trinajstić information content (AvgIpc) is 2.83. The Balaban J connectivity index is 1.96. The molecule has 0 saturated heterocycles. The molecule has 0 saturated carbocycles. The van der Waals surface area contributed by atoms with Gasteiger partial charge in [0.15, 0.2) is 5.82 Å². The summed E-state index contributed by atoms with van der Waals surface area (Å²) in [6.07, 6.45) is 2.63. The van der Waals surface area contributed by atoms with Gasteiger partial charge in [-0.3, -0.25) is 0 Å². The van der Waals surface area contributed by atoms with E-state index in [1.165, 1.54) is 5.56 Å². The maximum absolute atomic E-state index is 5.75.